The second kappa shape index (κ2) is 7.30. The van der Waals surface area contributed by atoms with Crippen LogP contribution in [0.25, 0.3) is 0 Å². The normalized spacial score (nSPS) is 18.2. The fourth-order valence-corrected chi connectivity index (χ4v) is 3.15. The van der Waals surface area contributed by atoms with Crippen molar-refractivity contribution in [3.8, 4) is 0 Å². The molecule has 0 bridgehead atoms. The quantitative estimate of drug-likeness (QED) is 0.616. The highest BCUT2D eigenvalue weighted by atomic mass is 35.5. The van der Waals surface area contributed by atoms with Crippen molar-refractivity contribution in [2.45, 2.75) is 24.8 Å². The van der Waals surface area contributed by atoms with E-state index in [4.69, 9.17) is 21.1 Å². The highest BCUT2D eigenvalue weighted by molar-refractivity contribution is 8.13. The zero-order valence-corrected chi connectivity index (χ0v) is 14.2. The van der Waals surface area contributed by atoms with E-state index < -0.39 is 5.97 Å². The van der Waals surface area contributed by atoms with Gasteiger partial charge >= 0.3 is 5.97 Å². The predicted molar refractivity (Wildman–Crippen MR) is 84.8 cm³/mol. The van der Waals surface area contributed by atoms with E-state index in [1.165, 1.54) is 14.0 Å². The first-order valence-electron chi connectivity index (χ1n) is 6.75. The van der Waals surface area contributed by atoms with Gasteiger partial charge in [0, 0.05) is 19.5 Å². The van der Waals surface area contributed by atoms with E-state index in [1.807, 2.05) is 11.8 Å². The molecule has 120 valence electrons. The Morgan fingerprint density at radius 3 is 2.86 bits per heavy atom. The topological polar surface area (TPSA) is 68.7 Å². The van der Waals surface area contributed by atoms with E-state index in [-0.39, 0.29) is 16.9 Å². The second-order valence-corrected chi connectivity index (χ2v) is 6.44. The van der Waals surface area contributed by atoms with Gasteiger partial charge in [-0.2, -0.15) is 0 Å². The Labute approximate surface area is 138 Å². The highest BCUT2D eigenvalue weighted by Crippen LogP contribution is 2.34. The summed E-state index contributed by atoms with van der Waals surface area (Å²) >= 11 is 7.14. The molecule has 8 heteroatoms. The lowest BCUT2D eigenvalue weighted by atomic mass is 10.2. The summed E-state index contributed by atoms with van der Waals surface area (Å²) in [5.74, 6) is -0.0393. The molecule has 0 spiro atoms. The van der Waals surface area contributed by atoms with Crippen LogP contribution in [0.5, 0.6) is 0 Å². The van der Waals surface area contributed by atoms with E-state index in [9.17, 15) is 9.59 Å². The average Bonchev–Trinajstić information content (AvgIpc) is 2.48. The van der Waals surface area contributed by atoms with Crippen LogP contribution in [0.3, 0.4) is 0 Å². The molecule has 0 aromatic carbocycles. The Kier molecular flexibility index (Phi) is 5.66. The third-order valence-corrected chi connectivity index (χ3v) is 4.52. The van der Waals surface area contributed by atoms with Crippen molar-refractivity contribution in [3.63, 3.8) is 0 Å². The van der Waals surface area contributed by atoms with Gasteiger partial charge in [-0.1, -0.05) is 11.6 Å². The summed E-state index contributed by atoms with van der Waals surface area (Å²) in [4.78, 5) is 30.1. The number of pyridine rings is 1. The summed E-state index contributed by atoms with van der Waals surface area (Å²) < 4.78 is 10.2. The summed E-state index contributed by atoms with van der Waals surface area (Å²) in [7, 11) is 1.27. The predicted octanol–water partition coefficient (Wildman–Crippen LogP) is 2.39. The van der Waals surface area contributed by atoms with Gasteiger partial charge in [0.05, 0.1) is 36.3 Å². The van der Waals surface area contributed by atoms with Gasteiger partial charge in [-0.25, -0.2) is 9.78 Å². The van der Waals surface area contributed by atoms with Crippen LogP contribution in [0, 0.1) is 0 Å². The molecule has 2 rings (SSSR count). The van der Waals surface area contributed by atoms with Gasteiger partial charge in [0.25, 0.3) is 0 Å². The number of carbonyl (C=O) groups excluding carboxylic acids is 2. The molecule has 6 nitrogen and oxygen atoms in total. The molecule has 22 heavy (non-hydrogen) atoms. The van der Waals surface area contributed by atoms with Crippen molar-refractivity contribution in [2.75, 3.05) is 31.8 Å². The molecule has 0 N–H and O–H groups in total. The number of hydrogen-bond donors (Lipinski definition) is 0. The van der Waals surface area contributed by atoms with E-state index in [0.717, 1.165) is 11.8 Å². The Balaban J connectivity index is 2.47. The maximum Gasteiger partial charge on any atom is 0.357 e. The van der Waals surface area contributed by atoms with Gasteiger partial charge in [0.2, 0.25) is 0 Å². The van der Waals surface area contributed by atoms with Crippen molar-refractivity contribution in [2.24, 2.45) is 0 Å². The van der Waals surface area contributed by atoms with Crippen molar-refractivity contribution in [3.05, 3.63) is 16.8 Å². The van der Waals surface area contributed by atoms with Gasteiger partial charge in [-0.15, -0.1) is 0 Å². The molecule has 0 aliphatic carbocycles. The minimum Gasteiger partial charge on any atom is -0.464 e. The number of morpholine rings is 1. The van der Waals surface area contributed by atoms with Crippen LogP contribution in [-0.4, -0.2) is 49.0 Å². The van der Waals surface area contributed by atoms with Crippen LogP contribution in [-0.2, 0) is 14.3 Å². The Morgan fingerprint density at radius 1 is 1.55 bits per heavy atom. The Hall–Kier alpha value is -1.31. The molecule has 0 radical (unpaired) electrons. The molecule has 2 heterocycles. The van der Waals surface area contributed by atoms with Crippen molar-refractivity contribution >= 4 is 40.3 Å². The number of nitrogens with zero attached hydrogens (tertiary/aromatic N) is 2. The van der Waals surface area contributed by atoms with E-state index >= 15 is 0 Å². The first-order chi connectivity index (χ1) is 10.4. The lowest BCUT2D eigenvalue weighted by Gasteiger charge is -2.34. The number of hydrogen-bond acceptors (Lipinski definition) is 7. The zero-order valence-electron chi connectivity index (χ0n) is 12.6. The van der Waals surface area contributed by atoms with Crippen LogP contribution in [0.2, 0.25) is 5.02 Å². The number of ether oxygens (including phenoxy) is 2. The van der Waals surface area contributed by atoms with Crippen LogP contribution in [0.4, 0.5) is 5.82 Å². The molecule has 0 saturated carbocycles. The lowest BCUT2D eigenvalue weighted by molar-refractivity contribution is -0.109. The van der Waals surface area contributed by atoms with Gasteiger partial charge in [-0.05, 0) is 18.7 Å². The number of rotatable bonds is 3. The molecule has 1 aliphatic rings. The number of carbonyl (C=O) groups is 2. The van der Waals surface area contributed by atoms with Crippen molar-refractivity contribution in [1.29, 1.82) is 0 Å². The van der Waals surface area contributed by atoms with Gasteiger partial charge in [0.15, 0.2) is 10.8 Å². The molecular formula is C14H17ClN2O4S. The molecular weight excluding hydrogens is 328 g/mol. The summed E-state index contributed by atoms with van der Waals surface area (Å²) in [5, 5.41) is 0.130. The number of halogens is 1. The van der Waals surface area contributed by atoms with E-state index in [0.29, 0.717) is 35.5 Å². The molecule has 1 aromatic rings. The fourth-order valence-electron chi connectivity index (χ4n) is 2.18. The first-order valence-corrected chi connectivity index (χ1v) is 7.95. The minimum atomic E-state index is -0.617. The molecule has 1 aliphatic heterocycles. The first kappa shape index (κ1) is 17.1. The molecule has 1 atom stereocenters. The summed E-state index contributed by atoms with van der Waals surface area (Å²) in [6, 6.07) is 1.79. The van der Waals surface area contributed by atoms with Gasteiger partial charge in [0.1, 0.15) is 5.82 Å². The van der Waals surface area contributed by atoms with Gasteiger partial charge in [-0.3, -0.25) is 4.79 Å². The second-order valence-electron chi connectivity index (χ2n) is 4.84. The Bertz CT molecular complexity index is 596. The smallest absolute Gasteiger partial charge is 0.357 e. The summed E-state index contributed by atoms with van der Waals surface area (Å²) in [6.07, 6.45) is 0. The third kappa shape index (κ3) is 3.71. The Morgan fingerprint density at radius 2 is 2.27 bits per heavy atom. The standard InChI is InChI=1S/C14H17ClN2O4S/c1-8-7-21-5-4-17(8)11-6-10(15)13(22-9(2)18)12(16-11)14(19)20-3/h6,8H,4-5,7H2,1-3H3. The third-order valence-electron chi connectivity index (χ3n) is 3.20. The molecule has 1 fully saturated rings. The summed E-state index contributed by atoms with van der Waals surface area (Å²) in [6.45, 7) is 5.23. The number of anilines is 1. The summed E-state index contributed by atoms with van der Waals surface area (Å²) in [5.41, 5.74) is 0.0592. The van der Waals surface area contributed by atoms with Crippen LogP contribution in [0.15, 0.2) is 11.0 Å². The van der Waals surface area contributed by atoms with Crippen LogP contribution in [0.1, 0.15) is 24.3 Å². The van der Waals surface area contributed by atoms with E-state index in [2.05, 4.69) is 4.98 Å². The number of methoxy groups -OCH3 is 1. The SMILES string of the molecule is COC(=O)c1nc(N2CCOCC2C)cc(Cl)c1SC(C)=O. The number of thioether (sulfide) groups is 1. The molecule has 1 saturated heterocycles. The maximum absolute atomic E-state index is 12.0. The van der Waals surface area contributed by atoms with Crippen LogP contribution >= 0.6 is 23.4 Å². The maximum atomic E-state index is 12.0. The fraction of sp³-hybridized carbons (Fsp3) is 0.500. The lowest BCUT2D eigenvalue weighted by Crippen LogP contribution is -2.44. The average molecular weight is 345 g/mol. The molecule has 0 amide bonds. The van der Waals surface area contributed by atoms with Gasteiger partial charge < -0.3 is 14.4 Å². The zero-order chi connectivity index (χ0) is 16.3. The molecule has 1 unspecified atom stereocenters. The number of aromatic nitrogens is 1. The van der Waals surface area contributed by atoms with E-state index in [1.54, 1.807) is 6.07 Å². The number of esters is 1. The largest absolute Gasteiger partial charge is 0.464 e. The van der Waals surface area contributed by atoms with Crippen LogP contribution < -0.4 is 4.90 Å². The van der Waals surface area contributed by atoms with Crippen molar-refractivity contribution < 1.29 is 19.1 Å². The monoisotopic (exact) mass is 344 g/mol. The minimum absolute atomic E-state index is 0.0592. The molecule has 1 aromatic heterocycles. The van der Waals surface area contributed by atoms with Crippen molar-refractivity contribution in [1.82, 2.24) is 4.98 Å². The highest BCUT2D eigenvalue weighted by Gasteiger charge is 2.25.